The fraction of sp³-hybridized carbons (Fsp3) is 0.167. The van der Waals surface area contributed by atoms with Gasteiger partial charge < -0.3 is 19.3 Å². The molecule has 6 heteroatoms. The Morgan fingerprint density at radius 1 is 0.733 bits per heavy atom. The molecule has 5 nitrogen and oxygen atoms in total. The van der Waals surface area contributed by atoms with Gasteiger partial charge in [0.05, 0.1) is 18.5 Å². The van der Waals surface area contributed by atoms with Gasteiger partial charge in [0.25, 0.3) is 0 Å². The smallest absolute Gasteiger partial charge is 0.361 e. The summed E-state index contributed by atoms with van der Waals surface area (Å²) < 4.78 is 24.1. The monoisotopic (exact) mass is 422 g/mol. The zero-order valence-corrected chi connectivity index (χ0v) is 17.7. The van der Waals surface area contributed by atoms with E-state index in [0.29, 0.717) is 16.4 Å². The predicted molar refractivity (Wildman–Crippen MR) is 121 cm³/mol. The van der Waals surface area contributed by atoms with Crippen LogP contribution in [0.15, 0.2) is 66.7 Å². The fourth-order valence-electron chi connectivity index (χ4n) is 3.79. The number of fused-ring (bicyclic) bond motifs is 2. The first-order valence-corrected chi connectivity index (χ1v) is 11.4. The van der Waals surface area contributed by atoms with Crippen molar-refractivity contribution in [1.82, 2.24) is 0 Å². The van der Waals surface area contributed by atoms with Crippen LogP contribution in [0.5, 0.6) is 11.5 Å². The molecule has 30 heavy (non-hydrogen) atoms. The molecule has 4 aromatic rings. The van der Waals surface area contributed by atoms with E-state index in [9.17, 15) is 14.8 Å². The molecule has 0 aliphatic carbocycles. The van der Waals surface area contributed by atoms with Crippen molar-refractivity contribution in [3.8, 4) is 22.6 Å². The van der Waals surface area contributed by atoms with Crippen LogP contribution in [0.2, 0.25) is 0 Å². The van der Waals surface area contributed by atoms with E-state index < -0.39 is 7.60 Å². The Hall–Kier alpha value is -2.85. The van der Waals surface area contributed by atoms with Crippen LogP contribution in [0.25, 0.3) is 32.7 Å². The maximum absolute atomic E-state index is 13.2. The Morgan fingerprint density at radius 3 is 1.93 bits per heavy atom. The summed E-state index contributed by atoms with van der Waals surface area (Å²) in [5, 5.41) is 25.1. The lowest BCUT2D eigenvalue weighted by atomic mass is 9.92. The average molecular weight is 422 g/mol. The maximum Gasteiger partial charge on any atom is 0.361 e. The fourth-order valence-corrected chi connectivity index (χ4v) is 5.39. The summed E-state index contributed by atoms with van der Waals surface area (Å²) in [7, 11) is -3.44. The van der Waals surface area contributed by atoms with Gasteiger partial charge in [0.1, 0.15) is 11.5 Å². The maximum atomic E-state index is 13.2. The molecule has 0 aromatic heterocycles. The van der Waals surface area contributed by atoms with Gasteiger partial charge in [-0.1, -0.05) is 42.5 Å². The van der Waals surface area contributed by atoms with Gasteiger partial charge in [-0.25, -0.2) is 0 Å². The quantitative estimate of drug-likeness (QED) is 0.375. The van der Waals surface area contributed by atoms with E-state index in [1.807, 2.05) is 30.3 Å². The molecule has 0 radical (unpaired) electrons. The molecule has 0 amide bonds. The first kappa shape index (κ1) is 20.4. The highest BCUT2D eigenvalue weighted by molar-refractivity contribution is 7.62. The molecule has 0 saturated carbocycles. The normalized spacial score (nSPS) is 11.9. The Balaban J connectivity index is 1.99. The number of rotatable bonds is 6. The van der Waals surface area contributed by atoms with Crippen molar-refractivity contribution in [2.24, 2.45) is 0 Å². The number of phenols is 2. The third kappa shape index (κ3) is 3.46. The van der Waals surface area contributed by atoms with Crippen LogP contribution in [0.4, 0.5) is 0 Å². The molecule has 154 valence electrons. The second kappa shape index (κ2) is 8.11. The van der Waals surface area contributed by atoms with E-state index in [-0.39, 0.29) is 24.7 Å². The summed E-state index contributed by atoms with van der Waals surface area (Å²) in [4.78, 5) is 0. The Morgan fingerprint density at radius 2 is 1.30 bits per heavy atom. The van der Waals surface area contributed by atoms with E-state index in [1.54, 1.807) is 50.2 Å². The highest BCUT2D eigenvalue weighted by Gasteiger charge is 2.27. The summed E-state index contributed by atoms with van der Waals surface area (Å²) >= 11 is 0. The number of phenolic OH excluding ortho intramolecular Hbond substituents is 2. The first-order chi connectivity index (χ1) is 14.5. The van der Waals surface area contributed by atoms with Crippen molar-refractivity contribution >= 4 is 34.4 Å². The second-order valence-electron chi connectivity index (χ2n) is 6.88. The Labute approximate surface area is 175 Å². The molecule has 0 unspecified atom stereocenters. The van der Waals surface area contributed by atoms with Crippen LogP contribution in [0.3, 0.4) is 0 Å². The predicted octanol–water partition coefficient (Wildman–Crippen LogP) is 5.96. The van der Waals surface area contributed by atoms with Crippen molar-refractivity contribution in [2.45, 2.75) is 13.8 Å². The second-order valence-corrected chi connectivity index (χ2v) is 8.91. The largest absolute Gasteiger partial charge is 0.507 e. The molecule has 0 aliphatic heterocycles. The van der Waals surface area contributed by atoms with Crippen molar-refractivity contribution in [1.29, 1.82) is 0 Å². The molecule has 2 N–H and O–H groups in total. The molecule has 4 aromatic carbocycles. The van der Waals surface area contributed by atoms with Crippen LogP contribution in [0.1, 0.15) is 13.8 Å². The van der Waals surface area contributed by atoms with E-state index in [4.69, 9.17) is 9.05 Å². The molecule has 0 aliphatic rings. The SMILES string of the molecule is CCOP(=O)(OCC)c1ccc2c(-c3c(O)ccc4ccccc34)c(O)ccc2c1. The molecule has 0 saturated heterocycles. The van der Waals surface area contributed by atoms with Crippen molar-refractivity contribution < 1.29 is 23.8 Å². The molecule has 4 rings (SSSR count). The summed E-state index contributed by atoms with van der Waals surface area (Å²) in [5.41, 5.74) is 1.08. The molecule has 0 atom stereocenters. The zero-order chi connectivity index (χ0) is 21.3. The van der Waals surface area contributed by atoms with E-state index in [1.165, 1.54) is 0 Å². The van der Waals surface area contributed by atoms with Gasteiger partial charge >= 0.3 is 7.60 Å². The van der Waals surface area contributed by atoms with Crippen LogP contribution >= 0.6 is 7.60 Å². The van der Waals surface area contributed by atoms with Crippen molar-refractivity contribution in [3.63, 3.8) is 0 Å². The minimum Gasteiger partial charge on any atom is -0.507 e. The highest BCUT2D eigenvalue weighted by Crippen LogP contribution is 2.49. The van der Waals surface area contributed by atoms with Gasteiger partial charge in [-0.3, -0.25) is 4.57 Å². The lowest BCUT2D eigenvalue weighted by Crippen LogP contribution is -2.10. The lowest BCUT2D eigenvalue weighted by Gasteiger charge is -2.19. The van der Waals surface area contributed by atoms with E-state index in [0.717, 1.165) is 21.5 Å². The third-order valence-electron chi connectivity index (χ3n) is 5.05. The minimum atomic E-state index is -3.44. The Kier molecular flexibility index (Phi) is 5.52. The van der Waals surface area contributed by atoms with Crippen molar-refractivity contribution in [3.05, 3.63) is 66.7 Å². The topological polar surface area (TPSA) is 76.0 Å². The number of benzene rings is 4. The van der Waals surface area contributed by atoms with Gasteiger partial charge in [0.2, 0.25) is 0 Å². The summed E-state index contributed by atoms with van der Waals surface area (Å²) in [6, 6.07) is 19.7. The number of aromatic hydroxyl groups is 2. The molecular weight excluding hydrogens is 399 g/mol. The molecular formula is C24H23O5P. The number of hydrogen-bond acceptors (Lipinski definition) is 5. The average Bonchev–Trinajstić information content (AvgIpc) is 2.74. The van der Waals surface area contributed by atoms with Crippen molar-refractivity contribution in [2.75, 3.05) is 13.2 Å². The van der Waals surface area contributed by atoms with E-state index in [2.05, 4.69) is 0 Å². The van der Waals surface area contributed by atoms with Gasteiger partial charge in [-0.05, 0) is 59.7 Å². The van der Waals surface area contributed by atoms with E-state index >= 15 is 0 Å². The van der Waals surface area contributed by atoms with Gasteiger partial charge in [-0.2, -0.15) is 0 Å². The first-order valence-electron chi connectivity index (χ1n) is 9.85. The molecule has 0 spiro atoms. The highest BCUT2D eigenvalue weighted by atomic mass is 31.2. The van der Waals surface area contributed by atoms with Crippen LogP contribution in [-0.2, 0) is 13.6 Å². The zero-order valence-electron chi connectivity index (χ0n) is 16.8. The summed E-state index contributed by atoms with van der Waals surface area (Å²) in [6.45, 7) is 4.07. The Bertz CT molecular complexity index is 1270. The van der Waals surface area contributed by atoms with Gasteiger partial charge in [0.15, 0.2) is 0 Å². The summed E-state index contributed by atoms with van der Waals surface area (Å²) in [6.07, 6.45) is 0. The minimum absolute atomic E-state index is 0.0553. The summed E-state index contributed by atoms with van der Waals surface area (Å²) in [5.74, 6) is 0.134. The van der Waals surface area contributed by atoms with Crippen LogP contribution in [0, 0.1) is 0 Å². The lowest BCUT2D eigenvalue weighted by molar-refractivity contribution is 0.230. The third-order valence-corrected chi connectivity index (χ3v) is 7.16. The molecule has 0 heterocycles. The molecule has 0 bridgehead atoms. The van der Waals surface area contributed by atoms with Gasteiger partial charge in [0, 0.05) is 11.1 Å². The van der Waals surface area contributed by atoms with Gasteiger partial charge in [-0.15, -0.1) is 0 Å². The molecule has 0 fully saturated rings. The standard InChI is InChI=1S/C24H23O5P/c1-3-28-30(27,29-4-2)18-11-12-20-17(15-18)10-14-22(26)24(20)23-19-8-6-5-7-16(19)9-13-21(23)25/h5-15,25-26H,3-4H2,1-2H3. The number of hydrogen-bond donors (Lipinski definition) is 2. The van der Waals surface area contributed by atoms with Crippen LogP contribution < -0.4 is 5.30 Å². The van der Waals surface area contributed by atoms with Crippen LogP contribution in [-0.4, -0.2) is 23.4 Å².